The van der Waals surface area contributed by atoms with Gasteiger partial charge in [0.15, 0.2) is 0 Å². The molecule has 0 aliphatic rings. The third-order valence-electron chi connectivity index (χ3n) is 2.79. The Labute approximate surface area is 113 Å². The van der Waals surface area contributed by atoms with E-state index < -0.39 is 11.9 Å². The zero-order chi connectivity index (χ0) is 13.3. The molecule has 0 fully saturated rings. The maximum atomic E-state index is 13.7. The molecule has 0 spiro atoms. The van der Waals surface area contributed by atoms with Gasteiger partial charge in [-0.05, 0) is 31.2 Å². The maximum absolute atomic E-state index is 13.7. The van der Waals surface area contributed by atoms with Crippen molar-refractivity contribution in [3.8, 4) is 0 Å². The topological polar surface area (TPSA) is 46.2 Å². The molecule has 4 heteroatoms. The Morgan fingerprint density at radius 3 is 2.61 bits per heavy atom. The summed E-state index contributed by atoms with van der Waals surface area (Å²) in [5.74, 6) is -0.438. The van der Waals surface area contributed by atoms with Crippen molar-refractivity contribution in [3.05, 3.63) is 63.4 Å². The molecule has 94 valence electrons. The maximum Gasteiger partial charge on any atom is 0.129 e. The van der Waals surface area contributed by atoms with Crippen molar-refractivity contribution in [2.75, 3.05) is 5.73 Å². The van der Waals surface area contributed by atoms with Gasteiger partial charge in [0.05, 0.1) is 0 Å². The lowest BCUT2D eigenvalue weighted by atomic mass is 9.98. The first-order valence-electron chi connectivity index (χ1n) is 5.48. The van der Waals surface area contributed by atoms with Crippen LogP contribution in [0.15, 0.2) is 40.9 Å². The highest BCUT2D eigenvalue weighted by atomic mass is 79.9. The largest absolute Gasteiger partial charge is 0.398 e. The molecule has 0 heterocycles. The van der Waals surface area contributed by atoms with Gasteiger partial charge in [0.25, 0.3) is 0 Å². The second kappa shape index (κ2) is 5.08. The number of rotatable bonds is 2. The summed E-state index contributed by atoms with van der Waals surface area (Å²) in [5, 5.41) is 10.3. The van der Waals surface area contributed by atoms with Gasteiger partial charge in [-0.15, -0.1) is 0 Å². The number of aliphatic hydroxyl groups excluding tert-OH is 1. The van der Waals surface area contributed by atoms with Crippen LogP contribution < -0.4 is 5.73 Å². The van der Waals surface area contributed by atoms with E-state index in [9.17, 15) is 9.50 Å². The molecule has 2 aromatic rings. The van der Waals surface area contributed by atoms with Crippen LogP contribution in [-0.4, -0.2) is 5.11 Å². The second-order valence-corrected chi connectivity index (χ2v) is 5.12. The molecule has 0 aliphatic carbocycles. The molecular weight excluding hydrogens is 297 g/mol. The van der Waals surface area contributed by atoms with Gasteiger partial charge in [-0.3, -0.25) is 0 Å². The van der Waals surface area contributed by atoms with E-state index in [2.05, 4.69) is 15.9 Å². The predicted molar refractivity (Wildman–Crippen MR) is 73.8 cm³/mol. The van der Waals surface area contributed by atoms with Crippen LogP contribution in [0.4, 0.5) is 10.1 Å². The fraction of sp³-hybridized carbons (Fsp3) is 0.143. The van der Waals surface area contributed by atoms with Gasteiger partial charge >= 0.3 is 0 Å². The van der Waals surface area contributed by atoms with E-state index in [1.807, 2.05) is 6.92 Å². The first-order chi connectivity index (χ1) is 8.49. The smallest absolute Gasteiger partial charge is 0.129 e. The minimum Gasteiger partial charge on any atom is -0.398 e. The average molecular weight is 310 g/mol. The Bertz CT molecular complexity index is 535. The van der Waals surface area contributed by atoms with Gasteiger partial charge in [-0.1, -0.05) is 33.6 Å². The van der Waals surface area contributed by atoms with Crippen molar-refractivity contribution in [3.63, 3.8) is 0 Å². The number of benzene rings is 2. The highest BCUT2D eigenvalue weighted by molar-refractivity contribution is 9.10. The third-order valence-corrected chi connectivity index (χ3v) is 3.28. The number of hydrogen-bond donors (Lipinski definition) is 2. The van der Waals surface area contributed by atoms with E-state index in [1.54, 1.807) is 30.3 Å². The molecule has 0 aliphatic heterocycles. The summed E-state index contributed by atoms with van der Waals surface area (Å²) in [6.07, 6.45) is -1.07. The highest BCUT2D eigenvalue weighted by Gasteiger charge is 2.17. The fourth-order valence-electron chi connectivity index (χ4n) is 1.82. The van der Waals surface area contributed by atoms with Crippen LogP contribution >= 0.6 is 15.9 Å². The van der Waals surface area contributed by atoms with Crippen LogP contribution in [0.2, 0.25) is 0 Å². The standard InChI is InChI=1S/C14H13BrFNO/c1-8-2-4-12(16)10(6-8)14(18)11-7-9(15)3-5-13(11)17/h2-7,14,18H,17H2,1H3. The fourth-order valence-corrected chi connectivity index (χ4v) is 2.20. The Morgan fingerprint density at radius 1 is 1.17 bits per heavy atom. The highest BCUT2D eigenvalue weighted by Crippen LogP contribution is 2.30. The molecule has 0 saturated carbocycles. The number of halogens is 2. The molecule has 1 unspecified atom stereocenters. The van der Waals surface area contributed by atoms with Crippen LogP contribution in [0.3, 0.4) is 0 Å². The lowest BCUT2D eigenvalue weighted by molar-refractivity contribution is 0.215. The number of aryl methyl sites for hydroxylation is 1. The molecule has 2 rings (SSSR count). The monoisotopic (exact) mass is 309 g/mol. The third kappa shape index (κ3) is 2.54. The quantitative estimate of drug-likeness (QED) is 0.833. The number of hydrogen-bond acceptors (Lipinski definition) is 2. The van der Waals surface area contributed by atoms with Gasteiger partial charge < -0.3 is 10.8 Å². The first kappa shape index (κ1) is 13.1. The number of aliphatic hydroxyl groups is 1. The second-order valence-electron chi connectivity index (χ2n) is 4.20. The van der Waals surface area contributed by atoms with Crippen molar-refractivity contribution in [1.29, 1.82) is 0 Å². The van der Waals surface area contributed by atoms with E-state index in [1.165, 1.54) is 6.07 Å². The summed E-state index contributed by atoms with van der Waals surface area (Å²) in [7, 11) is 0. The normalized spacial score (nSPS) is 12.4. The summed E-state index contributed by atoms with van der Waals surface area (Å²) in [6.45, 7) is 1.85. The molecular formula is C14H13BrFNO. The molecule has 0 aromatic heterocycles. The molecule has 3 N–H and O–H groups in total. The minimum absolute atomic E-state index is 0.236. The predicted octanol–water partition coefficient (Wildman–Crippen LogP) is 3.56. The summed E-state index contributed by atoms with van der Waals surface area (Å²) in [4.78, 5) is 0. The van der Waals surface area contributed by atoms with Crippen molar-refractivity contribution < 1.29 is 9.50 Å². The number of nitrogens with two attached hydrogens (primary N) is 1. The van der Waals surface area contributed by atoms with Crippen LogP contribution in [-0.2, 0) is 0 Å². The minimum atomic E-state index is -1.07. The van der Waals surface area contributed by atoms with Gasteiger partial charge in [-0.2, -0.15) is 0 Å². The molecule has 0 radical (unpaired) electrons. The molecule has 2 nitrogen and oxygen atoms in total. The molecule has 0 bridgehead atoms. The zero-order valence-corrected chi connectivity index (χ0v) is 11.4. The molecule has 2 aromatic carbocycles. The van der Waals surface area contributed by atoms with Crippen molar-refractivity contribution in [2.24, 2.45) is 0 Å². The van der Waals surface area contributed by atoms with Crippen LogP contribution in [0.5, 0.6) is 0 Å². The van der Waals surface area contributed by atoms with Crippen LogP contribution in [0, 0.1) is 12.7 Å². The van der Waals surface area contributed by atoms with E-state index in [0.717, 1.165) is 10.0 Å². The van der Waals surface area contributed by atoms with Crippen LogP contribution in [0.25, 0.3) is 0 Å². The van der Waals surface area contributed by atoms with Gasteiger partial charge in [0.2, 0.25) is 0 Å². The number of nitrogen functional groups attached to an aromatic ring is 1. The van der Waals surface area contributed by atoms with Gasteiger partial charge in [0, 0.05) is 21.3 Å². The van der Waals surface area contributed by atoms with E-state index in [0.29, 0.717) is 11.3 Å². The molecule has 0 amide bonds. The van der Waals surface area contributed by atoms with Crippen molar-refractivity contribution in [2.45, 2.75) is 13.0 Å². The summed E-state index contributed by atoms with van der Waals surface area (Å²) in [6, 6.07) is 9.79. The SMILES string of the molecule is Cc1ccc(F)c(C(O)c2cc(Br)ccc2N)c1. The zero-order valence-electron chi connectivity index (χ0n) is 9.82. The molecule has 18 heavy (non-hydrogen) atoms. The van der Waals surface area contributed by atoms with E-state index in [-0.39, 0.29) is 5.56 Å². The Kier molecular flexibility index (Phi) is 3.68. The summed E-state index contributed by atoms with van der Waals surface area (Å²) < 4.78 is 14.5. The van der Waals surface area contributed by atoms with E-state index >= 15 is 0 Å². The Morgan fingerprint density at radius 2 is 1.89 bits per heavy atom. The van der Waals surface area contributed by atoms with Gasteiger partial charge in [0.1, 0.15) is 11.9 Å². The molecule has 1 atom stereocenters. The number of anilines is 1. The average Bonchev–Trinajstić information content (AvgIpc) is 2.34. The van der Waals surface area contributed by atoms with Gasteiger partial charge in [-0.25, -0.2) is 4.39 Å². The van der Waals surface area contributed by atoms with Crippen molar-refractivity contribution >= 4 is 21.6 Å². The van der Waals surface area contributed by atoms with E-state index in [4.69, 9.17) is 5.73 Å². The summed E-state index contributed by atoms with van der Waals surface area (Å²) >= 11 is 3.31. The van der Waals surface area contributed by atoms with Crippen molar-refractivity contribution in [1.82, 2.24) is 0 Å². The lowest BCUT2D eigenvalue weighted by Gasteiger charge is -2.15. The Hall–Kier alpha value is -1.39. The van der Waals surface area contributed by atoms with Crippen LogP contribution in [0.1, 0.15) is 22.8 Å². The molecule has 0 saturated heterocycles. The lowest BCUT2D eigenvalue weighted by Crippen LogP contribution is -2.06. The first-order valence-corrected chi connectivity index (χ1v) is 6.27. The Balaban J connectivity index is 2.50. The summed E-state index contributed by atoms with van der Waals surface area (Å²) in [5.41, 5.74) is 7.87.